The minimum Gasteiger partial charge on any atom is -0.501 e. The van der Waals surface area contributed by atoms with Gasteiger partial charge in [0.1, 0.15) is 5.70 Å². The van der Waals surface area contributed by atoms with Gasteiger partial charge in [0.05, 0.1) is 26.0 Å². The first-order valence-corrected chi connectivity index (χ1v) is 7.17. The first-order chi connectivity index (χ1) is 10.7. The van der Waals surface area contributed by atoms with Gasteiger partial charge in [0.25, 0.3) is 0 Å². The lowest BCUT2D eigenvalue weighted by Crippen LogP contribution is -2.17. The number of allylic oxidation sites excluding steroid dienone is 2. The van der Waals surface area contributed by atoms with Crippen molar-refractivity contribution in [1.82, 2.24) is 0 Å². The molecule has 0 amide bonds. The van der Waals surface area contributed by atoms with E-state index in [2.05, 4.69) is 4.99 Å². The first kappa shape index (κ1) is 17.5. The Kier molecular flexibility index (Phi) is 8.12. The number of ether oxygens (including phenoxy) is 2. The van der Waals surface area contributed by atoms with Gasteiger partial charge in [0, 0.05) is 11.8 Å². The molecule has 0 aromatic heterocycles. The van der Waals surface area contributed by atoms with Crippen molar-refractivity contribution in [3.05, 3.63) is 59.5 Å². The molecule has 1 aromatic carbocycles. The molecule has 2 N–H and O–H groups in total. The Labute approximate surface area is 131 Å². The summed E-state index contributed by atoms with van der Waals surface area (Å²) in [6.45, 7) is 4.90. The van der Waals surface area contributed by atoms with Crippen LogP contribution in [0.15, 0.2) is 58.9 Å². The molecule has 1 rings (SSSR count). The molecule has 0 unspecified atom stereocenters. The molecule has 0 saturated carbocycles. The second kappa shape index (κ2) is 10.2. The summed E-state index contributed by atoms with van der Waals surface area (Å²) in [6.07, 6.45) is 4.63. The molecule has 0 radical (unpaired) electrons. The van der Waals surface area contributed by atoms with Crippen LogP contribution in [0.2, 0.25) is 0 Å². The third kappa shape index (κ3) is 6.26. The van der Waals surface area contributed by atoms with Crippen LogP contribution >= 0.6 is 0 Å². The number of rotatable bonds is 8. The summed E-state index contributed by atoms with van der Waals surface area (Å²) < 4.78 is 10.0. The van der Waals surface area contributed by atoms with Gasteiger partial charge in [-0.25, -0.2) is 4.79 Å². The van der Waals surface area contributed by atoms with E-state index in [1.54, 1.807) is 19.2 Å². The van der Waals surface area contributed by atoms with E-state index < -0.39 is 5.97 Å². The quantitative estimate of drug-likeness (QED) is 0.263. The number of carbonyl (C=O) groups excluding carboxylic acids is 1. The maximum Gasteiger partial charge on any atom is 0.354 e. The number of hydrogen-bond donors (Lipinski definition) is 1. The average Bonchev–Trinajstić information content (AvgIpc) is 2.54. The molecule has 0 aliphatic heterocycles. The molecule has 0 aliphatic carbocycles. The standard InChI is InChI=1S/C17H22N2O3/c1-3-21-11-10-15(16(18)17(20)22-4-2)13-19-12-14-8-6-5-7-9-14/h5-11,13H,3-4,12,18H2,1-2H3/b11-10+,16-15?,19-13?. The molecular formula is C17H22N2O3. The Morgan fingerprint density at radius 3 is 2.59 bits per heavy atom. The van der Waals surface area contributed by atoms with Crippen LogP contribution in [-0.2, 0) is 20.8 Å². The minimum absolute atomic E-state index is 0.00890. The molecule has 5 nitrogen and oxygen atoms in total. The van der Waals surface area contributed by atoms with E-state index in [4.69, 9.17) is 15.2 Å². The fourth-order valence-corrected chi connectivity index (χ4v) is 1.58. The van der Waals surface area contributed by atoms with Crippen molar-refractivity contribution in [2.75, 3.05) is 13.2 Å². The van der Waals surface area contributed by atoms with Crippen LogP contribution in [0, 0.1) is 0 Å². The van der Waals surface area contributed by atoms with E-state index in [0.717, 1.165) is 5.56 Å². The average molecular weight is 302 g/mol. The normalized spacial score (nSPS) is 12.5. The van der Waals surface area contributed by atoms with E-state index >= 15 is 0 Å². The van der Waals surface area contributed by atoms with Gasteiger partial charge in [-0.05, 0) is 25.5 Å². The van der Waals surface area contributed by atoms with Gasteiger partial charge in [-0.3, -0.25) is 4.99 Å². The molecule has 22 heavy (non-hydrogen) atoms. The van der Waals surface area contributed by atoms with Crippen LogP contribution in [-0.4, -0.2) is 25.4 Å². The highest BCUT2D eigenvalue weighted by Crippen LogP contribution is 2.04. The smallest absolute Gasteiger partial charge is 0.354 e. The number of esters is 1. The molecule has 0 saturated heterocycles. The summed E-state index contributed by atoms with van der Waals surface area (Å²) in [5.74, 6) is -0.565. The van der Waals surface area contributed by atoms with Gasteiger partial charge >= 0.3 is 5.97 Å². The third-order valence-corrected chi connectivity index (χ3v) is 2.66. The predicted octanol–water partition coefficient (Wildman–Crippen LogP) is 2.58. The number of hydrogen-bond acceptors (Lipinski definition) is 5. The Morgan fingerprint density at radius 1 is 1.23 bits per heavy atom. The molecule has 0 spiro atoms. The topological polar surface area (TPSA) is 73.9 Å². The molecule has 118 valence electrons. The summed E-state index contributed by atoms with van der Waals surface area (Å²) in [5, 5.41) is 0. The van der Waals surface area contributed by atoms with Gasteiger partial charge < -0.3 is 15.2 Å². The number of aliphatic imine (C=N–C) groups is 1. The summed E-state index contributed by atoms with van der Waals surface area (Å²) in [5.41, 5.74) is 7.36. The molecule has 0 aliphatic rings. The van der Waals surface area contributed by atoms with Crippen LogP contribution in [0.1, 0.15) is 19.4 Å². The highest BCUT2D eigenvalue weighted by atomic mass is 16.5. The highest BCUT2D eigenvalue weighted by Gasteiger charge is 2.09. The Bertz CT molecular complexity index is 548. The number of nitrogens with zero attached hydrogens (tertiary/aromatic N) is 1. The lowest BCUT2D eigenvalue weighted by atomic mass is 10.2. The van der Waals surface area contributed by atoms with Gasteiger partial charge in [-0.1, -0.05) is 30.3 Å². The Hall–Kier alpha value is -2.56. The number of nitrogens with two attached hydrogens (primary N) is 1. The van der Waals surface area contributed by atoms with Crippen molar-refractivity contribution in [2.45, 2.75) is 20.4 Å². The summed E-state index contributed by atoms with van der Waals surface area (Å²) >= 11 is 0. The fourth-order valence-electron chi connectivity index (χ4n) is 1.58. The van der Waals surface area contributed by atoms with Crippen molar-refractivity contribution in [2.24, 2.45) is 10.7 Å². The zero-order valence-corrected chi connectivity index (χ0v) is 13.0. The van der Waals surface area contributed by atoms with Crippen molar-refractivity contribution < 1.29 is 14.3 Å². The van der Waals surface area contributed by atoms with Crippen LogP contribution in [0.4, 0.5) is 0 Å². The fraction of sp³-hybridized carbons (Fsp3) is 0.294. The van der Waals surface area contributed by atoms with Crippen LogP contribution < -0.4 is 5.73 Å². The number of carbonyl (C=O) groups is 1. The zero-order valence-electron chi connectivity index (χ0n) is 13.0. The predicted molar refractivity (Wildman–Crippen MR) is 87.3 cm³/mol. The molecule has 5 heteroatoms. The molecule has 0 fully saturated rings. The molecule has 1 aromatic rings. The van der Waals surface area contributed by atoms with Gasteiger partial charge in [0.15, 0.2) is 0 Å². The largest absolute Gasteiger partial charge is 0.501 e. The highest BCUT2D eigenvalue weighted by molar-refractivity contribution is 5.97. The Morgan fingerprint density at radius 2 is 1.95 bits per heavy atom. The Balaban J connectivity index is 2.85. The minimum atomic E-state index is -0.565. The van der Waals surface area contributed by atoms with Crippen molar-refractivity contribution in [3.8, 4) is 0 Å². The maximum atomic E-state index is 11.7. The van der Waals surface area contributed by atoms with Crippen LogP contribution in [0.25, 0.3) is 0 Å². The van der Waals surface area contributed by atoms with Crippen molar-refractivity contribution in [1.29, 1.82) is 0 Å². The summed E-state index contributed by atoms with van der Waals surface area (Å²) in [6, 6.07) is 9.80. The zero-order chi connectivity index (χ0) is 16.2. The monoisotopic (exact) mass is 302 g/mol. The van der Waals surface area contributed by atoms with Crippen molar-refractivity contribution >= 4 is 12.2 Å². The van der Waals surface area contributed by atoms with Crippen molar-refractivity contribution in [3.63, 3.8) is 0 Å². The molecule has 0 heterocycles. The van der Waals surface area contributed by atoms with E-state index in [1.807, 2.05) is 37.3 Å². The van der Waals surface area contributed by atoms with E-state index in [-0.39, 0.29) is 12.3 Å². The molecular weight excluding hydrogens is 280 g/mol. The van der Waals surface area contributed by atoms with Gasteiger partial charge in [-0.2, -0.15) is 0 Å². The van der Waals surface area contributed by atoms with Crippen LogP contribution in [0.5, 0.6) is 0 Å². The lowest BCUT2D eigenvalue weighted by molar-refractivity contribution is -0.138. The maximum absolute atomic E-state index is 11.7. The van der Waals surface area contributed by atoms with E-state index in [0.29, 0.717) is 18.7 Å². The van der Waals surface area contributed by atoms with Crippen LogP contribution in [0.3, 0.4) is 0 Å². The summed E-state index contributed by atoms with van der Waals surface area (Å²) in [4.78, 5) is 16.0. The summed E-state index contributed by atoms with van der Waals surface area (Å²) in [7, 11) is 0. The molecule has 0 bridgehead atoms. The van der Waals surface area contributed by atoms with Gasteiger partial charge in [0.2, 0.25) is 0 Å². The third-order valence-electron chi connectivity index (χ3n) is 2.66. The lowest BCUT2D eigenvalue weighted by Gasteiger charge is -2.04. The van der Waals surface area contributed by atoms with E-state index in [1.165, 1.54) is 6.26 Å². The SMILES string of the molecule is CCO/C=C/C(C=NCc1ccccc1)=C(N)C(=O)OCC. The second-order valence-corrected chi connectivity index (χ2v) is 4.30. The first-order valence-electron chi connectivity index (χ1n) is 7.17. The number of benzene rings is 1. The second-order valence-electron chi connectivity index (χ2n) is 4.30. The van der Waals surface area contributed by atoms with E-state index in [9.17, 15) is 4.79 Å². The molecule has 0 atom stereocenters. The van der Waals surface area contributed by atoms with Gasteiger partial charge in [-0.15, -0.1) is 0 Å².